The number of oxazole rings is 1. The lowest BCUT2D eigenvalue weighted by atomic mass is 9.90. The number of rotatable bonds is 5. The van der Waals surface area contributed by atoms with Crippen molar-refractivity contribution < 1.29 is 13.6 Å². The van der Waals surface area contributed by atoms with E-state index in [2.05, 4.69) is 27.4 Å². The van der Waals surface area contributed by atoms with Gasteiger partial charge in [-0.1, -0.05) is 18.6 Å². The number of piperidine rings is 1. The molecular weight excluding hydrogens is 435 g/mol. The lowest BCUT2D eigenvalue weighted by Gasteiger charge is -2.40. The Morgan fingerprint density at radius 1 is 1.24 bits per heavy atom. The van der Waals surface area contributed by atoms with Gasteiger partial charge in [-0.05, 0) is 56.9 Å². The normalized spacial score (nSPS) is 18.4. The molecule has 1 aliphatic rings. The number of carbonyl (C=O) groups is 1. The zero-order valence-corrected chi connectivity index (χ0v) is 19.5. The summed E-state index contributed by atoms with van der Waals surface area (Å²) >= 11 is 0. The van der Waals surface area contributed by atoms with Crippen molar-refractivity contribution in [3.63, 3.8) is 0 Å². The minimum atomic E-state index is -0.360. The Labute approximate surface area is 196 Å². The van der Waals surface area contributed by atoms with Crippen LogP contribution < -0.4 is 5.32 Å². The van der Waals surface area contributed by atoms with E-state index in [0.717, 1.165) is 24.1 Å². The molecule has 0 aliphatic carbocycles. The molecule has 0 spiro atoms. The first-order valence-electron chi connectivity index (χ1n) is 11.5. The summed E-state index contributed by atoms with van der Waals surface area (Å²) in [6, 6.07) is 10.2. The fourth-order valence-corrected chi connectivity index (χ4v) is 4.59. The number of amides is 1. The van der Waals surface area contributed by atoms with E-state index in [4.69, 9.17) is 4.42 Å². The number of fused-ring (bicyclic) bond motifs is 1. The van der Waals surface area contributed by atoms with E-state index in [1.54, 1.807) is 12.3 Å². The lowest BCUT2D eigenvalue weighted by Crippen LogP contribution is -2.51. The molecule has 4 aromatic rings. The minimum Gasteiger partial charge on any atom is -0.424 e. The van der Waals surface area contributed by atoms with Gasteiger partial charge in [-0.25, -0.2) is 4.39 Å². The topological polar surface area (TPSA) is 89.1 Å². The Kier molecular flexibility index (Phi) is 5.77. The third kappa shape index (κ3) is 4.25. The van der Waals surface area contributed by atoms with Gasteiger partial charge < -0.3 is 14.6 Å². The Morgan fingerprint density at radius 2 is 2.09 bits per heavy atom. The second-order valence-electron chi connectivity index (χ2n) is 8.99. The van der Waals surface area contributed by atoms with Crippen LogP contribution in [0.4, 0.5) is 10.4 Å². The van der Waals surface area contributed by atoms with E-state index in [9.17, 15) is 9.18 Å². The summed E-state index contributed by atoms with van der Waals surface area (Å²) in [4.78, 5) is 21.6. The summed E-state index contributed by atoms with van der Waals surface area (Å²) in [5.74, 6) is -0.127. The number of nitrogens with one attached hydrogen (secondary N) is 1. The van der Waals surface area contributed by atoms with E-state index in [1.165, 1.54) is 16.9 Å². The van der Waals surface area contributed by atoms with Crippen LogP contribution in [0.15, 0.2) is 47.0 Å². The Morgan fingerprint density at radius 3 is 2.88 bits per heavy atom. The van der Waals surface area contributed by atoms with Crippen molar-refractivity contribution in [1.82, 2.24) is 24.9 Å². The van der Waals surface area contributed by atoms with Gasteiger partial charge in [0.05, 0.1) is 29.2 Å². The van der Waals surface area contributed by atoms with Gasteiger partial charge in [0, 0.05) is 19.2 Å². The van der Waals surface area contributed by atoms with Gasteiger partial charge in [-0.15, -0.1) is 0 Å². The van der Waals surface area contributed by atoms with Crippen LogP contribution in [0.1, 0.15) is 41.4 Å². The van der Waals surface area contributed by atoms with Crippen LogP contribution in [0.5, 0.6) is 0 Å². The number of halogens is 1. The molecule has 0 radical (unpaired) electrons. The van der Waals surface area contributed by atoms with Gasteiger partial charge >= 0.3 is 0 Å². The molecule has 1 saturated heterocycles. The highest BCUT2D eigenvalue weighted by Crippen LogP contribution is 2.28. The highest BCUT2D eigenvalue weighted by atomic mass is 19.1. The van der Waals surface area contributed by atoms with E-state index in [-0.39, 0.29) is 23.7 Å². The molecule has 2 aromatic heterocycles. The molecule has 5 rings (SSSR count). The minimum absolute atomic E-state index is 0.0494. The van der Waals surface area contributed by atoms with Gasteiger partial charge in [0.1, 0.15) is 11.3 Å². The molecule has 34 heavy (non-hydrogen) atoms. The molecule has 1 aliphatic heterocycles. The summed E-state index contributed by atoms with van der Waals surface area (Å²) in [5.41, 5.74) is 3.99. The number of aromatic nitrogens is 4. The first kappa shape index (κ1) is 22.1. The summed E-state index contributed by atoms with van der Waals surface area (Å²) in [5, 5.41) is 12.0. The predicted octanol–water partition coefficient (Wildman–Crippen LogP) is 4.52. The van der Waals surface area contributed by atoms with Crippen molar-refractivity contribution >= 4 is 23.0 Å². The lowest BCUT2D eigenvalue weighted by molar-refractivity contribution is 0.0539. The van der Waals surface area contributed by atoms with E-state index < -0.39 is 0 Å². The van der Waals surface area contributed by atoms with Crippen LogP contribution in [-0.4, -0.2) is 49.9 Å². The van der Waals surface area contributed by atoms with Gasteiger partial charge in [0.25, 0.3) is 11.9 Å². The molecule has 1 amide bonds. The molecule has 0 saturated carbocycles. The second kappa shape index (κ2) is 8.89. The first-order chi connectivity index (χ1) is 16.4. The Hall–Kier alpha value is -3.75. The third-order valence-corrected chi connectivity index (χ3v) is 6.39. The van der Waals surface area contributed by atoms with E-state index in [1.807, 2.05) is 36.9 Å². The highest BCUT2D eigenvalue weighted by Gasteiger charge is 2.34. The number of hydrogen-bond donors (Lipinski definition) is 1. The smallest absolute Gasteiger partial charge is 0.295 e. The van der Waals surface area contributed by atoms with Crippen molar-refractivity contribution in [2.45, 2.75) is 39.7 Å². The summed E-state index contributed by atoms with van der Waals surface area (Å²) in [6.45, 7) is 7.13. The number of likely N-dealkylation sites (tertiary alicyclic amines) is 1. The Bertz CT molecular complexity index is 1350. The average molecular weight is 463 g/mol. The maximum atomic E-state index is 13.8. The monoisotopic (exact) mass is 462 g/mol. The molecule has 1 fully saturated rings. The average Bonchev–Trinajstić information content (AvgIpc) is 3.43. The molecule has 0 bridgehead atoms. The van der Waals surface area contributed by atoms with Crippen molar-refractivity contribution in [2.24, 2.45) is 5.92 Å². The fourth-order valence-electron chi connectivity index (χ4n) is 4.59. The molecule has 2 aromatic carbocycles. The van der Waals surface area contributed by atoms with Crippen LogP contribution in [0, 0.1) is 25.6 Å². The SMILES string of the molecule is Cc1ccc(-n2ncc(C)n2)c(C(=O)N2CCCC(C)C2CNc2nc3cc(F)ccc3o2)c1. The quantitative estimate of drug-likeness (QED) is 0.469. The molecule has 9 heteroatoms. The number of hydrogen-bond acceptors (Lipinski definition) is 6. The summed E-state index contributed by atoms with van der Waals surface area (Å²) < 4.78 is 19.2. The van der Waals surface area contributed by atoms with E-state index in [0.29, 0.717) is 41.5 Å². The fraction of sp³-hybridized carbons (Fsp3) is 0.360. The van der Waals surface area contributed by atoms with Crippen LogP contribution >= 0.6 is 0 Å². The number of aryl methyl sites for hydroxylation is 2. The van der Waals surface area contributed by atoms with Crippen molar-refractivity contribution in [3.05, 3.63) is 65.2 Å². The molecule has 176 valence electrons. The first-order valence-corrected chi connectivity index (χ1v) is 11.5. The van der Waals surface area contributed by atoms with Gasteiger partial charge in [0.15, 0.2) is 5.58 Å². The zero-order valence-electron chi connectivity index (χ0n) is 19.5. The second-order valence-corrected chi connectivity index (χ2v) is 8.99. The third-order valence-electron chi connectivity index (χ3n) is 6.39. The maximum absolute atomic E-state index is 13.8. The molecule has 8 nitrogen and oxygen atoms in total. The summed E-state index contributed by atoms with van der Waals surface area (Å²) in [6.07, 6.45) is 3.64. The molecule has 2 unspecified atom stereocenters. The highest BCUT2D eigenvalue weighted by molar-refractivity contribution is 5.98. The van der Waals surface area contributed by atoms with Gasteiger partial charge in [-0.2, -0.15) is 20.0 Å². The Balaban J connectivity index is 1.41. The molecular formula is C25H27FN6O2. The predicted molar refractivity (Wildman–Crippen MR) is 127 cm³/mol. The number of carbonyl (C=O) groups excluding carboxylic acids is 1. The summed E-state index contributed by atoms with van der Waals surface area (Å²) in [7, 11) is 0. The van der Waals surface area contributed by atoms with Crippen molar-refractivity contribution in [3.8, 4) is 5.69 Å². The number of benzene rings is 2. The molecule has 3 heterocycles. The van der Waals surface area contributed by atoms with Crippen LogP contribution in [0.3, 0.4) is 0 Å². The molecule has 2 atom stereocenters. The standard InChI is InChI=1S/C25H27FN6O2/c1-15-6-8-21(32-28-13-17(3)30-32)19(11-15)24(33)31-10-4-5-16(2)22(31)14-27-25-29-20-12-18(26)7-9-23(20)34-25/h6-9,11-13,16,22H,4-5,10,14H2,1-3H3,(H,27,29). The zero-order chi connectivity index (χ0) is 23.8. The largest absolute Gasteiger partial charge is 0.424 e. The van der Waals surface area contributed by atoms with Crippen molar-refractivity contribution in [1.29, 1.82) is 0 Å². The van der Waals surface area contributed by atoms with Gasteiger partial charge in [0.2, 0.25) is 0 Å². The number of anilines is 1. The molecule has 1 N–H and O–H groups in total. The van der Waals surface area contributed by atoms with Gasteiger partial charge in [-0.3, -0.25) is 4.79 Å². The number of nitrogens with zero attached hydrogens (tertiary/aromatic N) is 5. The van der Waals surface area contributed by atoms with Crippen LogP contribution in [-0.2, 0) is 0 Å². The maximum Gasteiger partial charge on any atom is 0.295 e. The van der Waals surface area contributed by atoms with Crippen LogP contribution in [0.2, 0.25) is 0 Å². The van der Waals surface area contributed by atoms with Crippen molar-refractivity contribution in [2.75, 3.05) is 18.4 Å². The van der Waals surface area contributed by atoms with E-state index >= 15 is 0 Å². The van der Waals surface area contributed by atoms with Crippen LogP contribution in [0.25, 0.3) is 16.8 Å².